The fraction of sp³-hybridized carbons (Fsp3) is 0.500. The second-order valence-corrected chi connectivity index (χ2v) is 7.71. The predicted octanol–water partition coefficient (Wildman–Crippen LogP) is 2.03. The maximum absolute atomic E-state index is 12.5. The van der Waals surface area contributed by atoms with Gasteiger partial charge < -0.3 is 16.0 Å². The van der Waals surface area contributed by atoms with Gasteiger partial charge in [-0.1, -0.05) is 18.2 Å². The first-order valence-electron chi connectivity index (χ1n) is 8.52. The van der Waals surface area contributed by atoms with E-state index in [1.54, 1.807) is 0 Å². The number of hydrogen-bond acceptors (Lipinski definition) is 4. The van der Waals surface area contributed by atoms with E-state index >= 15 is 0 Å². The lowest BCUT2D eigenvalue weighted by Gasteiger charge is -2.26. The third-order valence-electron chi connectivity index (χ3n) is 5.04. The number of amides is 1. The molecule has 5 heteroatoms. The quantitative estimate of drug-likeness (QED) is 0.808. The average Bonchev–Trinajstić information content (AvgIpc) is 2.98. The highest BCUT2D eigenvalue weighted by Crippen LogP contribution is 2.34. The van der Waals surface area contributed by atoms with Gasteiger partial charge in [-0.25, -0.2) is 0 Å². The number of carbonyl (C=O) groups excluding carboxylic acids is 1. The molecule has 0 spiro atoms. The summed E-state index contributed by atoms with van der Waals surface area (Å²) in [4.78, 5) is 13.9. The summed E-state index contributed by atoms with van der Waals surface area (Å²) >= 11 is 1.85. The molecule has 1 amide bonds. The third kappa shape index (κ3) is 3.13. The zero-order valence-corrected chi connectivity index (χ0v) is 14.0. The lowest BCUT2D eigenvalue weighted by molar-refractivity contribution is -0.123. The number of thiophene rings is 1. The lowest BCUT2D eigenvalue weighted by atomic mass is 9.96. The number of benzene rings is 1. The molecule has 1 atom stereocenters. The number of piperidine rings is 1. The van der Waals surface area contributed by atoms with Gasteiger partial charge in [0.2, 0.25) is 5.91 Å². The zero-order valence-electron chi connectivity index (χ0n) is 13.2. The Kier molecular flexibility index (Phi) is 4.33. The van der Waals surface area contributed by atoms with E-state index in [1.807, 2.05) is 11.3 Å². The van der Waals surface area contributed by atoms with E-state index in [0.717, 1.165) is 45.4 Å². The van der Waals surface area contributed by atoms with Crippen LogP contribution in [0.25, 0.3) is 10.1 Å². The standard InChI is InChI=1S/C18H23N3OS/c22-18(21-10-12-5-7-19-8-6-12)15-9-14-13-3-1-2-4-16(13)23-17(14)11-20-15/h1-4,12,15,19-20H,5-11H2,(H,21,22)/t15-/m1/s1. The molecular formula is C18H23N3OS. The van der Waals surface area contributed by atoms with Crippen molar-refractivity contribution in [1.82, 2.24) is 16.0 Å². The van der Waals surface area contributed by atoms with E-state index in [4.69, 9.17) is 0 Å². The predicted molar refractivity (Wildman–Crippen MR) is 94.8 cm³/mol. The van der Waals surface area contributed by atoms with Crippen LogP contribution in [0.3, 0.4) is 0 Å². The molecular weight excluding hydrogens is 306 g/mol. The second kappa shape index (κ2) is 6.59. The highest BCUT2D eigenvalue weighted by atomic mass is 32.1. The maximum atomic E-state index is 12.5. The number of nitrogens with one attached hydrogen (secondary N) is 3. The van der Waals surface area contributed by atoms with Crippen molar-refractivity contribution >= 4 is 27.3 Å². The average molecular weight is 329 g/mol. The summed E-state index contributed by atoms with van der Waals surface area (Å²) in [6, 6.07) is 8.43. The molecule has 0 unspecified atom stereocenters. The summed E-state index contributed by atoms with van der Waals surface area (Å²) in [6.07, 6.45) is 3.13. The van der Waals surface area contributed by atoms with Gasteiger partial charge in [-0.05, 0) is 55.3 Å². The van der Waals surface area contributed by atoms with Gasteiger partial charge in [-0.2, -0.15) is 0 Å². The minimum atomic E-state index is -0.0952. The van der Waals surface area contributed by atoms with Crippen LogP contribution in [0, 0.1) is 5.92 Å². The first kappa shape index (κ1) is 15.1. The van der Waals surface area contributed by atoms with Crippen LogP contribution < -0.4 is 16.0 Å². The van der Waals surface area contributed by atoms with Crippen LogP contribution in [-0.4, -0.2) is 31.6 Å². The summed E-state index contributed by atoms with van der Waals surface area (Å²) in [7, 11) is 0. The Morgan fingerprint density at radius 2 is 2.09 bits per heavy atom. The molecule has 2 aliphatic rings. The monoisotopic (exact) mass is 329 g/mol. The van der Waals surface area contributed by atoms with Crippen LogP contribution >= 0.6 is 11.3 Å². The van der Waals surface area contributed by atoms with E-state index in [-0.39, 0.29) is 11.9 Å². The van der Waals surface area contributed by atoms with Crippen molar-refractivity contribution in [3.05, 3.63) is 34.7 Å². The van der Waals surface area contributed by atoms with Gasteiger partial charge in [0.05, 0.1) is 6.04 Å². The van der Waals surface area contributed by atoms with E-state index < -0.39 is 0 Å². The summed E-state index contributed by atoms with van der Waals surface area (Å²) in [6.45, 7) is 3.77. The Balaban J connectivity index is 1.41. The highest BCUT2D eigenvalue weighted by molar-refractivity contribution is 7.19. The summed E-state index contributed by atoms with van der Waals surface area (Å²) < 4.78 is 1.33. The molecule has 1 saturated heterocycles. The van der Waals surface area contributed by atoms with Crippen molar-refractivity contribution in [2.75, 3.05) is 19.6 Å². The number of rotatable bonds is 3. The van der Waals surface area contributed by atoms with Gasteiger partial charge in [-0.15, -0.1) is 11.3 Å². The molecule has 4 rings (SSSR count). The van der Waals surface area contributed by atoms with Crippen molar-refractivity contribution in [3.63, 3.8) is 0 Å². The molecule has 0 saturated carbocycles. The van der Waals surface area contributed by atoms with Gasteiger partial charge in [-0.3, -0.25) is 4.79 Å². The van der Waals surface area contributed by atoms with Gasteiger partial charge in [0.1, 0.15) is 0 Å². The summed E-state index contributed by atoms with van der Waals surface area (Å²) in [5.41, 5.74) is 1.37. The van der Waals surface area contributed by atoms with Gasteiger partial charge >= 0.3 is 0 Å². The van der Waals surface area contributed by atoms with Crippen molar-refractivity contribution in [3.8, 4) is 0 Å². The molecule has 0 aliphatic carbocycles. The van der Waals surface area contributed by atoms with E-state index in [2.05, 4.69) is 40.2 Å². The SMILES string of the molecule is O=C(NCC1CCNCC1)[C@H]1Cc2c(sc3ccccc23)CN1. The molecule has 23 heavy (non-hydrogen) atoms. The van der Waals surface area contributed by atoms with Crippen molar-refractivity contribution < 1.29 is 4.79 Å². The Morgan fingerprint density at radius 3 is 2.96 bits per heavy atom. The fourth-order valence-corrected chi connectivity index (χ4v) is 4.83. The molecule has 3 N–H and O–H groups in total. The smallest absolute Gasteiger partial charge is 0.237 e. The first-order chi connectivity index (χ1) is 11.3. The molecule has 2 aliphatic heterocycles. The normalized spacial score (nSPS) is 22.0. The molecule has 1 aromatic carbocycles. The van der Waals surface area contributed by atoms with Crippen LogP contribution in [-0.2, 0) is 17.8 Å². The van der Waals surface area contributed by atoms with Gasteiger partial charge in [0.15, 0.2) is 0 Å². The van der Waals surface area contributed by atoms with Gasteiger partial charge in [0.25, 0.3) is 0 Å². The highest BCUT2D eigenvalue weighted by Gasteiger charge is 2.27. The molecule has 122 valence electrons. The number of carbonyl (C=O) groups is 1. The van der Waals surface area contributed by atoms with Crippen LogP contribution in [0.4, 0.5) is 0 Å². The van der Waals surface area contributed by atoms with Crippen LogP contribution in [0.15, 0.2) is 24.3 Å². The molecule has 1 aromatic heterocycles. The molecule has 0 bridgehead atoms. The summed E-state index contributed by atoms with van der Waals surface area (Å²) in [5.74, 6) is 0.783. The largest absolute Gasteiger partial charge is 0.354 e. The topological polar surface area (TPSA) is 53.2 Å². The molecule has 2 aromatic rings. The fourth-order valence-electron chi connectivity index (χ4n) is 3.65. The number of fused-ring (bicyclic) bond motifs is 3. The molecule has 3 heterocycles. The van der Waals surface area contributed by atoms with Crippen LogP contribution in [0.5, 0.6) is 0 Å². The maximum Gasteiger partial charge on any atom is 0.237 e. The molecule has 4 nitrogen and oxygen atoms in total. The Hall–Kier alpha value is -1.43. The Bertz CT molecular complexity index is 705. The van der Waals surface area contributed by atoms with Gasteiger partial charge in [0, 0.05) is 22.7 Å². The van der Waals surface area contributed by atoms with Crippen molar-refractivity contribution in [2.24, 2.45) is 5.92 Å². The van der Waals surface area contributed by atoms with E-state index in [9.17, 15) is 4.79 Å². The third-order valence-corrected chi connectivity index (χ3v) is 6.25. The first-order valence-corrected chi connectivity index (χ1v) is 9.34. The van der Waals surface area contributed by atoms with E-state index in [1.165, 1.54) is 20.5 Å². The minimum Gasteiger partial charge on any atom is -0.354 e. The van der Waals surface area contributed by atoms with Crippen molar-refractivity contribution in [2.45, 2.75) is 31.8 Å². The Labute approximate surface area is 140 Å². The van der Waals surface area contributed by atoms with E-state index in [0.29, 0.717) is 5.92 Å². The van der Waals surface area contributed by atoms with Crippen LogP contribution in [0.1, 0.15) is 23.3 Å². The lowest BCUT2D eigenvalue weighted by Crippen LogP contribution is -2.48. The molecule has 1 fully saturated rings. The second-order valence-electron chi connectivity index (χ2n) is 6.58. The minimum absolute atomic E-state index is 0.0952. The van der Waals surface area contributed by atoms with Crippen molar-refractivity contribution in [1.29, 1.82) is 0 Å². The summed E-state index contributed by atoms with van der Waals surface area (Å²) in [5, 5.41) is 11.3. The zero-order chi connectivity index (χ0) is 15.6. The van der Waals surface area contributed by atoms with Crippen LogP contribution in [0.2, 0.25) is 0 Å². The Morgan fingerprint density at radius 1 is 1.26 bits per heavy atom. The number of hydrogen-bond donors (Lipinski definition) is 3. The molecule has 0 radical (unpaired) electrons.